The van der Waals surface area contributed by atoms with Crippen LogP contribution in [0, 0.1) is 5.92 Å². The quantitative estimate of drug-likeness (QED) is 0.0169. The number of esters is 4. The van der Waals surface area contributed by atoms with E-state index >= 15 is 0 Å². The van der Waals surface area contributed by atoms with Crippen LogP contribution in [0.1, 0.15) is 349 Å². The van der Waals surface area contributed by atoms with Crippen molar-refractivity contribution in [3.8, 4) is 0 Å². The summed E-state index contributed by atoms with van der Waals surface area (Å²) in [5.74, 6) is -1.44. The van der Waals surface area contributed by atoms with Crippen LogP contribution in [0.4, 0.5) is 0 Å². The lowest BCUT2D eigenvalue weighted by atomic mass is 10.0. The summed E-state index contributed by atoms with van der Waals surface area (Å²) < 4.78 is 68.2. The van der Waals surface area contributed by atoms with Crippen molar-refractivity contribution in [3.63, 3.8) is 0 Å². The van der Waals surface area contributed by atoms with Gasteiger partial charge in [-0.05, 0) is 57.3 Å². The van der Waals surface area contributed by atoms with Crippen LogP contribution in [-0.4, -0.2) is 96.7 Å². The molecule has 17 nitrogen and oxygen atoms in total. The monoisotopic (exact) mass is 1330 g/mol. The molecule has 0 rings (SSSR count). The smallest absolute Gasteiger partial charge is 0.462 e. The molecule has 0 aliphatic rings. The summed E-state index contributed by atoms with van der Waals surface area (Å²) in [5, 5.41) is 10.6. The molecule has 0 bridgehead atoms. The number of unbranched alkanes of at least 4 members (excludes halogenated alkanes) is 39. The molecular formula is C72H136O17P2. The zero-order valence-corrected chi connectivity index (χ0v) is 60.3. The van der Waals surface area contributed by atoms with Crippen LogP contribution in [0.3, 0.4) is 0 Å². The van der Waals surface area contributed by atoms with Crippen molar-refractivity contribution in [2.24, 2.45) is 5.92 Å². The van der Waals surface area contributed by atoms with Crippen LogP contribution >= 0.6 is 15.6 Å². The topological polar surface area (TPSA) is 237 Å². The van der Waals surface area contributed by atoms with E-state index in [1.165, 1.54) is 141 Å². The molecule has 536 valence electrons. The number of carbonyl (C=O) groups excluding carboxylic acids is 4. The highest BCUT2D eigenvalue weighted by atomic mass is 31.2. The van der Waals surface area contributed by atoms with Gasteiger partial charge in [0.2, 0.25) is 0 Å². The lowest BCUT2D eigenvalue weighted by Gasteiger charge is -2.21. The third kappa shape index (κ3) is 66.0. The van der Waals surface area contributed by atoms with Gasteiger partial charge in [-0.15, -0.1) is 0 Å². The number of hydrogen-bond acceptors (Lipinski definition) is 15. The summed E-state index contributed by atoms with van der Waals surface area (Å²) in [6.07, 6.45) is 55.1. The van der Waals surface area contributed by atoms with Gasteiger partial charge in [-0.1, -0.05) is 296 Å². The molecule has 0 aromatic rings. The Bertz CT molecular complexity index is 1850. The Morgan fingerprint density at radius 3 is 0.901 bits per heavy atom. The second kappa shape index (κ2) is 64.9. The molecule has 0 saturated heterocycles. The standard InChI is InChI=1S/C72H136O17P2/c1-6-9-12-15-18-20-22-24-26-27-28-30-32-34-36-42-47-52-57-71(76)88-68(62-83-70(75)56-51-46-41-35-33-31-29-25-23-21-19-16-13-10-7-2)64-87-91(80,81)85-60-66(73)59-84-90(78,79)86-63-67(61-82-69(74)55-50-45-39-17-14-11-8-3)89-72(77)58-53-48-43-38-37-40-44-49-54-65(4)5/h21,23,25,29,65-68,73H,6-20,22,24,26-28,30-64H2,1-5H3,(H,78,79)(H,80,81)/b23-21-,29-25-/t66-,67+,68+/m0/s1. The average molecular weight is 1340 g/mol. The van der Waals surface area contributed by atoms with Gasteiger partial charge in [0, 0.05) is 25.7 Å². The Kier molecular flexibility index (Phi) is 63.1. The SMILES string of the molecule is CCCCCC/C=C\C=C/CCCCCCCC(=O)OC[C@H](COP(=O)(O)OC[C@@H](O)COP(=O)(O)OC[C@@H](COC(=O)CCCCCCCCC)OC(=O)CCCCCCCCCCC(C)C)OC(=O)CCCCCCCCCCCCCCCCCCCC. The lowest BCUT2D eigenvalue weighted by molar-refractivity contribution is -0.161. The van der Waals surface area contributed by atoms with Crippen LogP contribution in [0.25, 0.3) is 0 Å². The maximum atomic E-state index is 13.0. The van der Waals surface area contributed by atoms with Crippen molar-refractivity contribution in [1.82, 2.24) is 0 Å². The fourth-order valence-electron chi connectivity index (χ4n) is 10.5. The van der Waals surface area contributed by atoms with Gasteiger partial charge in [0.05, 0.1) is 26.4 Å². The number of rotatable bonds is 70. The van der Waals surface area contributed by atoms with E-state index < -0.39 is 97.5 Å². The predicted molar refractivity (Wildman–Crippen MR) is 368 cm³/mol. The van der Waals surface area contributed by atoms with Crippen molar-refractivity contribution < 1.29 is 80.2 Å². The third-order valence-corrected chi connectivity index (χ3v) is 18.1. The summed E-state index contributed by atoms with van der Waals surface area (Å²) in [6.45, 7) is 7.11. The number of aliphatic hydroxyl groups is 1. The molecule has 3 N–H and O–H groups in total. The fraction of sp³-hybridized carbons (Fsp3) is 0.889. The Balaban J connectivity index is 5.23. The van der Waals surface area contributed by atoms with E-state index in [0.29, 0.717) is 25.7 Å². The zero-order valence-electron chi connectivity index (χ0n) is 58.5. The van der Waals surface area contributed by atoms with E-state index in [1.54, 1.807) is 0 Å². The minimum absolute atomic E-state index is 0.102. The molecule has 0 radical (unpaired) electrons. The van der Waals surface area contributed by atoms with Gasteiger partial charge in [0.1, 0.15) is 19.3 Å². The van der Waals surface area contributed by atoms with Crippen LogP contribution in [0.15, 0.2) is 24.3 Å². The number of allylic oxidation sites excluding steroid dienone is 4. The Labute approximate surface area is 554 Å². The molecule has 2 unspecified atom stereocenters. The van der Waals surface area contributed by atoms with Gasteiger partial charge in [-0.25, -0.2) is 9.13 Å². The van der Waals surface area contributed by atoms with Crippen LogP contribution < -0.4 is 0 Å². The van der Waals surface area contributed by atoms with Crippen molar-refractivity contribution in [2.75, 3.05) is 39.6 Å². The molecular weight excluding hydrogens is 1200 g/mol. The molecule has 0 aliphatic heterocycles. The number of carbonyl (C=O) groups is 4. The molecule has 19 heteroatoms. The second-order valence-corrected chi connectivity index (χ2v) is 28.7. The number of hydrogen-bond donors (Lipinski definition) is 3. The normalized spacial score (nSPS) is 14.2. The number of aliphatic hydroxyl groups excluding tert-OH is 1. The molecule has 0 fully saturated rings. The predicted octanol–water partition coefficient (Wildman–Crippen LogP) is 20.5. The van der Waals surface area contributed by atoms with Crippen molar-refractivity contribution >= 4 is 39.5 Å². The molecule has 0 spiro atoms. The van der Waals surface area contributed by atoms with Crippen molar-refractivity contribution in [1.29, 1.82) is 0 Å². The van der Waals surface area contributed by atoms with Crippen LogP contribution in [0.2, 0.25) is 0 Å². The Morgan fingerprint density at radius 1 is 0.341 bits per heavy atom. The highest BCUT2D eigenvalue weighted by molar-refractivity contribution is 7.47. The first-order valence-corrected chi connectivity index (χ1v) is 39.9. The van der Waals surface area contributed by atoms with Gasteiger partial charge in [-0.3, -0.25) is 37.3 Å². The highest BCUT2D eigenvalue weighted by Gasteiger charge is 2.30. The van der Waals surface area contributed by atoms with Crippen molar-refractivity contribution in [3.05, 3.63) is 24.3 Å². The minimum Gasteiger partial charge on any atom is -0.462 e. The molecule has 0 aromatic heterocycles. The largest absolute Gasteiger partial charge is 0.472 e. The van der Waals surface area contributed by atoms with E-state index in [4.69, 9.17) is 37.0 Å². The molecule has 0 amide bonds. The number of phosphoric acid groups is 2. The zero-order chi connectivity index (χ0) is 67.0. The van der Waals surface area contributed by atoms with E-state index in [-0.39, 0.29) is 25.7 Å². The van der Waals surface area contributed by atoms with E-state index in [2.05, 4.69) is 58.9 Å². The second-order valence-electron chi connectivity index (χ2n) is 25.8. The van der Waals surface area contributed by atoms with Gasteiger partial charge < -0.3 is 33.8 Å². The van der Waals surface area contributed by atoms with E-state index in [0.717, 1.165) is 128 Å². The summed E-state index contributed by atoms with van der Waals surface area (Å²) >= 11 is 0. The summed E-state index contributed by atoms with van der Waals surface area (Å²) in [4.78, 5) is 72.4. The maximum absolute atomic E-state index is 13.0. The molecule has 0 aliphatic carbocycles. The summed E-state index contributed by atoms with van der Waals surface area (Å²) in [5.41, 5.74) is 0. The Hall–Kier alpha value is -2.46. The highest BCUT2D eigenvalue weighted by Crippen LogP contribution is 2.45. The third-order valence-electron chi connectivity index (χ3n) is 16.2. The fourth-order valence-corrected chi connectivity index (χ4v) is 12.0. The Morgan fingerprint density at radius 2 is 0.593 bits per heavy atom. The average Bonchev–Trinajstić information content (AvgIpc) is 3.46. The number of phosphoric ester groups is 2. The van der Waals surface area contributed by atoms with Crippen LogP contribution in [0.5, 0.6) is 0 Å². The molecule has 0 aromatic carbocycles. The van der Waals surface area contributed by atoms with Gasteiger partial charge >= 0.3 is 39.5 Å². The minimum atomic E-state index is -4.96. The van der Waals surface area contributed by atoms with Gasteiger partial charge in [-0.2, -0.15) is 0 Å². The molecule has 91 heavy (non-hydrogen) atoms. The van der Waals surface area contributed by atoms with Crippen molar-refractivity contribution in [2.45, 2.75) is 368 Å². The molecule has 5 atom stereocenters. The number of ether oxygens (including phenoxy) is 4. The summed E-state index contributed by atoms with van der Waals surface area (Å²) in [6, 6.07) is 0. The van der Waals surface area contributed by atoms with Crippen LogP contribution in [-0.2, 0) is 65.4 Å². The lowest BCUT2D eigenvalue weighted by Crippen LogP contribution is -2.30. The first kappa shape index (κ1) is 88.5. The van der Waals surface area contributed by atoms with E-state index in [9.17, 15) is 43.2 Å². The molecule has 0 saturated carbocycles. The van der Waals surface area contributed by atoms with Gasteiger partial charge in [0.15, 0.2) is 12.2 Å². The maximum Gasteiger partial charge on any atom is 0.472 e. The first-order chi connectivity index (χ1) is 44.0. The first-order valence-electron chi connectivity index (χ1n) is 37.0. The summed E-state index contributed by atoms with van der Waals surface area (Å²) in [7, 11) is -9.91. The van der Waals surface area contributed by atoms with E-state index in [1.807, 2.05) is 0 Å². The molecule has 0 heterocycles. The van der Waals surface area contributed by atoms with Gasteiger partial charge in [0.25, 0.3) is 0 Å².